The molecular formula is C92H180O17P2. The van der Waals surface area contributed by atoms with Crippen molar-refractivity contribution >= 4 is 39.5 Å². The maximum Gasteiger partial charge on any atom is 0.472 e. The van der Waals surface area contributed by atoms with Crippen LogP contribution in [0.1, 0.15) is 492 Å². The van der Waals surface area contributed by atoms with Crippen LogP contribution >= 0.6 is 15.6 Å². The highest BCUT2D eigenvalue weighted by Crippen LogP contribution is 2.45. The summed E-state index contributed by atoms with van der Waals surface area (Å²) < 4.78 is 69.1. The number of aliphatic hydroxyl groups is 1. The first-order valence-electron chi connectivity index (χ1n) is 47.3. The minimum Gasteiger partial charge on any atom is -0.462 e. The van der Waals surface area contributed by atoms with E-state index in [1.165, 1.54) is 302 Å². The van der Waals surface area contributed by atoms with Gasteiger partial charge in [-0.05, 0) is 43.4 Å². The minimum absolute atomic E-state index is 0.108. The lowest BCUT2D eigenvalue weighted by molar-refractivity contribution is -0.161. The number of carbonyl (C=O) groups is 4. The second-order valence-corrected chi connectivity index (χ2v) is 37.4. The number of unbranched alkanes of at least 4 members (excludes halogenated alkanes) is 58. The molecule has 0 amide bonds. The molecular weight excluding hydrogens is 1440 g/mol. The molecule has 660 valence electrons. The van der Waals surface area contributed by atoms with Crippen LogP contribution in [0.5, 0.6) is 0 Å². The van der Waals surface area contributed by atoms with Crippen molar-refractivity contribution in [2.45, 2.75) is 510 Å². The molecule has 0 heterocycles. The third-order valence-corrected chi connectivity index (χ3v) is 23.5. The lowest BCUT2D eigenvalue weighted by atomic mass is 10.0. The largest absolute Gasteiger partial charge is 0.472 e. The third kappa shape index (κ3) is 85.8. The summed E-state index contributed by atoms with van der Waals surface area (Å²) in [7, 11) is -9.94. The van der Waals surface area contributed by atoms with Crippen LogP contribution in [0.15, 0.2) is 0 Å². The molecule has 0 rings (SSSR count). The summed E-state index contributed by atoms with van der Waals surface area (Å²) in [4.78, 5) is 73.4. The van der Waals surface area contributed by atoms with Gasteiger partial charge >= 0.3 is 39.5 Å². The Bertz CT molecular complexity index is 2130. The fourth-order valence-corrected chi connectivity index (χ4v) is 16.0. The predicted molar refractivity (Wildman–Crippen MR) is 460 cm³/mol. The maximum atomic E-state index is 13.2. The van der Waals surface area contributed by atoms with Crippen molar-refractivity contribution in [3.63, 3.8) is 0 Å². The van der Waals surface area contributed by atoms with Gasteiger partial charge in [-0.3, -0.25) is 37.3 Å². The van der Waals surface area contributed by atoms with Gasteiger partial charge in [-0.15, -0.1) is 0 Å². The average molecular weight is 1620 g/mol. The molecule has 0 bridgehead atoms. The Labute approximate surface area is 683 Å². The molecule has 2 unspecified atom stereocenters. The standard InChI is InChI=1S/C92H180O17P2/c1-8-9-10-11-12-13-14-15-16-17-18-19-20-21-22-30-35-40-45-54-61-68-75-91(96)108-87(79-102-89(94)73-66-59-52-44-39-34-29-25-23-27-32-37-42-49-56-63-70-83(2)3)81-106-110(98,99)104-77-86(93)78-105-111(100,101)107-82-88(80-103-90(95)74-67-60-53-48-47-51-58-65-72-85(6)7)109-92(97)76-69-62-55-46-41-36-31-26-24-28-33-38-43-50-57-64-71-84(4)5/h83-88,93H,8-82H2,1-7H3,(H,98,99)(H,100,101)/t86-,87-,88-/m1/s1. The van der Waals surface area contributed by atoms with E-state index in [0.717, 1.165) is 108 Å². The lowest BCUT2D eigenvalue weighted by Gasteiger charge is -2.21. The minimum atomic E-state index is -4.97. The van der Waals surface area contributed by atoms with Gasteiger partial charge in [0.1, 0.15) is 19.3 Å². The molecule has 19 heteroatoms. The number of hydrogen-bond acceptors (Lipinski definition) is 15. The number of ether oxygens (including phenoxy) is 4. The maximum absolute atomic E-state index is 13.2. The highest BCUT2D eigenvalue weighted by molar-refractivity contribution is 7.47. The van der Waals surface area contributed by atoms with E-state index in [2.05, 4.69) is 48.5 Å². The van der Waals surface area contributed by atoms with Crippen LogP contribution in [-0.2, 0) is 65.4 Å². The van der Waals surface area contributed by atoms with Gasteiger partial charge in [0, 0.05) is 25.7 Å². The quantitative estimate of drug-likeness (QED) is 0.0222. The zero-order valence-corrected chi connectivity index (χ0v) is 75.2. The van der Waals surface area contributed by atoms with E-state index in [1.807, 2.05) is 0 Å². The first-order chi connectivity index (χ1) is 53.7. The van der Waals surface area contributed by atoms with Crippen LogP contribution < -0.4 is 0 Å². The van der Waals surface area contributed by atoms with Gasteiger partial charge in [0.25, 0.3) is 0 Å². The summed E-state index contributed by atoms with van der Waals surface area (Å²) in [6.07, 6.45) is 75.2. The monoisotopic (exact) mass is 1620 g/mol. The second-order valence-electron chi connectivity index (χ2n) is 34.5. The van der Waals surface area contributed by atoms with Crippen molar-refractivity contribution in [1.29, 1.82) is 0 Å². The van der Waals surface area contributed by atoms with Gasteiger partial charge in [0.2, 0.25) is 0 Å². The molecule has 0 aromatic heterocycles. The van der Waals surface area contributed by atoms with E-state index in [-0.39, 0.29) is 25.7 Å². The molecule has 0 saturated carbocycles. The SMILES string of the molecule is CCCCCCCCCCCCCCCCCCCCCCCCC(=O)O[C@H](COC(=O)CCCCCCCCCCCCCCCCCCC(C)C)COP(=O)(O)OC[C@@H](O)COP(=O)(O)OC[C@@H](COC(=O)CCCCCCCCCCC(C)C)OC(=O)CCCCCCCCCCCCCCCCCCC(C)C. The fourth-order valence-electron chi connectivity index (χ4n) is 14.4. The predicted octanol–water partition coefficient (Wildman–Crippen LogP) is 28.4. The van der Waals surface area contributed by atoms with Crippen LogP contribution in [-0.4, -0.2) is 96.7 Å². The van der Waals surface area contributed by atoms with Gasteiger partial charge in [-0.25, -0.2) is 9.13 Å². The van der Waals surface area contributed by atoms with E-state index < -0.39 is 97.5 Å². The Balaban J connectivity index is 5.23. The van der Waals surface area contributed by atoms with Crippen molar-refractivity contribution in [3.8, 4) is 0 Å². The molecule has 17 nitrogen and oxygen atoms in total. The van der Waals surface area contributed by atoms with Crippen molar-refractivity contribution < 1.29 is 80.2 Å². The summed E-state index contributed by atoms with van der Waals surface area (Å²) in [5.41, 5.74) is 0. The van der Waals surface area contributed by atoms with Crippen LogP contribution in [0.2, 0.25) is 0 Å². The summed E-state index contributed by atoms with van der Waals surface area (Å²) >= 11 is 0. The van der Waals surface area contributed by atoms with Crippen LogP contribution in [0.4, 0.5) is 0 Å². The molecule has 0 aliphatic carbocycles. The van der Waals surface area contributed by atoms with Crippen LogP contribution in [0.3, 0.4) is 0 Å². The first-order valence-corrected chi connectivity index (χ1v) is 50.3. The third-order valence-electron chi connectivity index (χ3n) is 21.6. The van der Waals surface area contributed by atoms with E-state index in [9.17, 15) is 43.2 Å². The molecule has 3 N–H and O–H groups in total. The van der Waals surface area contributed by atoms with Crippen LogP contribution in [0.25, 0.3) is 0 Å². The smallest absolute Gasteiger partial charge is 0.462 e. The Morgan fingerprint density at radius 3 is 0.613 bits per heavy atom. The van der Waals surface area contributed by atoms with Crippen molar-refractivity contribution in [1.82, 2.24) is 0 Å². The average Bonchev–Trinajstić information content (AvgIpc) is 0.899. The molecule has 0 aromatic carbocycles. The number of aliphatic hydroxyl groups excluding tert-OH is 1. The molecule has 0 radical (unpaired) electrons. The Morgan fingerprint density at radius 1 is 0.243 bits per heavy atom. The van der Waals surface area contributed by atoms with Gasteiger partial charge in [0.05, 0.1) is 26.4 Å². The number of phosphoric acid groups is 2. The van der Waals surface area contributed by atoms with E-state index >= 15 is 0 Å². The van der Waals surface area contributed by atoms with E-state index in [0.29, 0.717) is 25.7 Å². The van der Waals surface area contributed by atoms with Crippen molar-refractivity contribution in [2.75, 3.05) is 39.6 Å². The Hall–Kier alpha value is -1.94. The first kappa shape index (κ1) is 109. The molecule has 0 aliphatic heterocycles. The molecule has 111 heavy (non-hydrogen) atoms. The van der Waals surface area contributed by atoms with Gasteiger partial charge in [0.15, 0.2) is 12.2 Å². The normalized spacial score (nSPS) is 13.8. The van der Waals surface area contributed by atoms with Gasteiger partial charge < -0.3 is 33.8 Å². The highest BCUT2D eigenvalue weighted by atomic mass is 31.2. The number of hydrogen-bond donors (Lipinski definition) is 3. The summed E-state index contributed by atoms with van der Waals surface area (Å²) in [6, 6.07) is 0. The number of rotatable bonds is 90. The van der Waals surface area contributed by atoms with E-state index in [4.69, 9.17) is 37.0 Å². The number of esters is 4. The molecule has 0 saturated heterocycles. The molecule has 5 atom stereocenters. The molecule has 0 fully saturated rings. The second kappa shape index (κ2) is 81.8. The summed E-state index contributed by atoms with van der Waals surface area (Å²) in [5, 5.41) is 10.7. The topological polar surface area (TPSA) is 237 Å². The summed E-state index contributed by atoms with van der Waals surface area (Å²) in [5.74, 6) is 0.249. The number of carbonyl (C=O) groups excluding carboxylic acids is 4. The molecule has 0 aromatic rings. The van der Waals surface area contributed by atoms with E-state index in [1.54, 1.807) is 0 Å². The zero-order chi connectivity index (χ0) is 81.5. The molecule has 0 spiro atoms. The fraction of sp³-hybridized carbons (Fsp3) is 0.957. The van der Waals surface area contributed by atoms with Crippen molar-refractivity contribution in [2.24, 2.45) is 17.8 Å². The van der Waals surface area contributed by atoms with Gasteiger partial charge in [-0.2, -0.15) is 0 Å². The van der Waals surface area contributed by atoms with Crippen molar-refractivity contribution in [3.05, 3.63) is 0 Å². The highest BCUT2D eigenvalue weighted by Gasteiger charge is 2.31. The zero-order valence-electron chi connectivity index (χ0n) is 73.4. The number of phosphoric ester groups is 2. The summed E-state index contributed by atoms with van der Waals surface area (Å²) in [6.45, 7) is 12.0. The Kier molecular flexibility index (Phi) is 80.4. The van der Waals surface area contributed by atoms with Crippen LogP contribution in [0, 0.1) is 17.8 Å². The molecule has 0 aliphatic rings. The van der Waals surface area contributed by atoms with Gasteiger partial charge in [-0.1, -0.05) is 440 Å². The Morgan fingerprint density at radius 2 is 0.414 bits per heavy atom. The lowest BCUT2D eigenvalue weighted by Crippen LogP contribution is -2.30.